The summed E-state index contributed by atoms with van der Waals surface area (Å²) in [6.45, 7) is 0. The van der Waals surface area contributed by atoms with Crippen LogP contribution in [0.2, 0.25) is 0 Å². The molecule has 3 nitrogen and oxygen atoms in total. The average molecular weight is 297 g/mol. The first kappa shape index (κ1) is 13.8. The normalized spacial score (nSPS) is 14.8. The van der Waals surface area contributed by atoms with Crippen LogP contribution < -0.4 is 9.64 Å². The number of amides is 1. The third kappa shape index (κ3) is 2.95. The highest BCUT2D eigenvalue weighted by atomic mass is 32.2. The molecule has 0 bridgehead atoms. The molecule has 1 amide bonds. The van der Waals surface area contributed by atoms with Gasteiger partial charge in [-0.3, -0.25) is 9.69 Å². The zero-order valence-electron chi connectivity index (χ0n) is 11.7. The number of nitrogens with zero attached hydrogens (tertiary/aromatic N) is 1. The summed E-state index contributed by atoms with van der Waals surface area (Å²) in [7, 11) is 1.64. The summed E-state index contributed by atoms with van der Waals surface area (Å²) >= 11 is 1.66. The van der Waals surface area contributed by atoms with Crippen molar-refractivity contribution in [2.24, 2.45) is 0 Å². The molecule has 0 aromatic heterocycles. The number of carbonyl (C=O) groups excluding carboxylic acids is 1. The first-order chi connectivity index (χ1) is 10.3. The lowest BCUT2D eigenvalue weighted by Crippen LogP contribution is -2.31. The van der Waals surface area contributed by atoms with E-state index in [1.165, 1.54) is 0 Å². The second-order valence-corrected chi connectivity index (χ2v) is 5.60. The maximum absolute atomic E-state index is 12.3. The highest BCUT2D eigenvalue weighted by Gasteiger charge is 2.21. The van der Waals surface area contributed by atoms with Gasteiger partial charge in [-0.15, -0.1) is 11.8 Å². The van der Waals surface area contributed by atoms with Gasteiger partial charge < -0.3 is 4.74 Å². The number of hydrogen-bond acceptors (Lipinski definition) is 3. The van der Waals surface area contributed by atoms with Crippen LogP contribution in [0.25, 0.3) is 4.91 Å². The molecule has 0 spiro atoms. The molecule has 3 rings (SSSR count). The second kappa shape index (κ2) is 6.06. The van der Waals surface area contributed by atoms with Gasteiger partial charge in [0, 0.05) is 16.7 Å². The lowest BCUT2D eigenvalue weighted by atomic mass is 10.2. The second-order valence-electron chi connectivity index (χ2n) is 4.61. The quantitative estimate of drug-likeness (QED) is 0.863. The van der Waals surface area contributed by atoms with Gasteiger partial charge in [0.1, 0.15) is 5.75 Å². The molecule has 1 heterocycles. The summed E-state index contributed by atoms with van der Waals surface area (Å²) in [5.74, 6) is 1.46. The van der Waals surface area contributed by atoms with Gasteiger partial charge in [0.2, 0.25) is 0 Å². The number of ether oxygens (including phenoxy) is 1. The monoisotopic (exact) mass is 297 g/mol. The maximum atomic E-state index is 12.3. The Balaban J connectivity index is 1.82. The predicted octanol–water partition coefficient (Wildman–Crippen LogP) is 3.77. The van der Waals surface area contributed by atoms with Crippen LogP contribution in [0.5, 0.6) is 5.75 Å². The number of hydrogen-bond donors (Lipinski definition) is 0. The van der Waals surface area contributed by atoms with Gasteiger partial charge in [-0.2, -0.15) is 0 Å². The Kier molecular flexibility index (Phi) is 3.97. The minimum atomic E-state index is 0.0192. The maximum Gasteiger partial charge on any atom is 0.252 e. The van der Waals surface area contributed by atoms with Gasteiger partial charge in [0.25, 0.3) is 5.91 Å². The molecule has 2 aromatic rings. The standard InChI is InChI=1S/C17H15NO2S/c1-20-15-9-7-13(8-10-15)16-11-17(19)18(12-21-16)14-5-3-2-4-6-14/h2-11H,12H2,1H3. The number of thioether (sulfide) groups is 1. The fourth-order valence-electron chi connectivity index (χ4n) is 2.16. The fourth-order valence-corrected chi connectivity index (χ4v) is 3.19. The first-order valence-corrected chi connectivity index (χ1v) is 7.62. The molecule has 106 valence electrons. The molecule has 0 aliphatic carbocycles. The third-order valence-electron chi connectivity index (χ3n) is 3.31. The van der Waals surface area contributed by atoms with E-state index in [2.05, 4.69) is 0 Å². The highest BCUT2D eigenvalue weighted by molar-refractivity contribution is 8.08. The Labute approximate surface area is 128 Å². The Morgan fingerprint density at radius 3 is 2.38 bits per heavy atom. The zero-order valence-corrected chi connectivity index (χ0v) is 12.5. The van der Waals surface area contributed by atoms with Crippen molar-refractivity contribution in [3.63, 3.8) is 0 Å². The summed E-state index contributed by atoms with van der Waals surface area (Å²) in [6, 6.07) is 17.5. The zero-order chi connectivity index (χ0) is 14.7. The Morgan fingerprint density at radius 2 is 1.76 bits per heavy atom. The molecule has 0 unspecified atom stereocenters. The number of anilines is 1. The van der Waals surface area contributed by atoms with Crippen molar-refractivity contribution in [1.29, 1.82) is 0 Å². The van der Waals surface area contributed by atoms with E-state index < -0.39 is 0 Å². The number of benzene rings is 2. The lowest BCUT2D eigenvalue weighted by molar-refractivity contribution is -0.114. The van der Waals surface area contributed by atoms with Crippen LogP contribution in [0.1, 0.15) is 5.56 Å². The molecule has 21 heavy (non-hydrogen) atoms. The highest BCUT2D eigenvalue weighted by Crippen LogP contribution is 2.34. The molecule has 2 aromatic carbocycles. The third-order valence-corrected chi connectivity index (χ3v) is 4.36. The van der Waals surface area contributed by atoms with E-state index in [1.807, 2.05) is 54.6 Å². The lowest BCUT2D eigenvalue weighted by Gasteiger charge is -2.26. The smallest absolute Gasteiger partial charge is 0.252 e. The van der Waals surface area contributed by atoms with Crippen molar-refractivity contribution in [2.75, 3.05) is 17.9 Å². The minimum Gasteiger partial charge on any atom is -0.497 e. The molecule has 0 saturated carbocycles. The van der Waals surface area contributed by atoms with Crippen LogP contribution in [0.3, 0.4) is 0 Å². The SMILES string of the molecule is COc1ccc(C2=CC(=O)N(c3ccccc3)CS2)cc1. The van der Waals surface area contributed by atoms with Gasteiger partial charge in [-0.25, -0.2) is 0 Å². The van der Waals surface area contributed by atoms with Crippen molar-refractivity contribution in [3.05, 3.63) is 66.2 Å². The van der Waals surface area contributed by atoms with E-state index in [4.69, 9.17) is 4.74 Å². The number of methoxy groups -OCH3 is 1. The minimum absolute atomic E-state index is 0.0192. The first-order valence-electron chi connectivity index (χ1n) is 6.63. The Bertz CT molecular complexity index is 665. The Morgan fingerprint density at radius 1 is 1.05 bits per heavy atom. The molecule has 0 radical (unpaired) electrons. The summed E-state index contributed by atoms with van der Waals surface area (Å²) < 4.78 is 5.15. The molecular formula is C17H15NO2S. The molecule has 0 fully saturated rings. The van der Waals surface area contributed by atoms with Crippen LogP contribution >= 0.6 is 11.8 Å². The fraction of sp³-hybridized carbons (Fsp3) is 0.118. The number of para-hydroxylation sites is 1. The summed E-state index contributed by atoms with van der Waals surface area (Å²) in [6.07, 6.45) is 1.70. The van der Waals surface area contributed by atoms with Crippen LogP contribution in [-0.4, -0.2) is 18.9 Å². The summed E-state index contributed by atoms with van der Waals surface area (Å²) in [5, 5.41) is 0. The molecular weight excluding hydrogens is 282 g/mol. The Hall–Kier alpha value is -2.20. The molecule has 1 aliphatic rings. The summed E-state index contributed by atoms with van der Waals surface area (Å²) in [5.41, 5.74) is 1.97. The molecule has 0 atom stereocenters. The van der Waals surface area contributed by atoms with Crippen molar-refractivity contribution >= 4 is 28.3 Å². The van der Waals surface area contributed by atoms with Gasteiger partial charge >= 0.3 is 0 Å². The molecule has 0 N–H and O–H groups in total. The number of rotatable bonds is 3. The van der Waals surface area contributed by atoms with Crippen molar-refractivity contribution < 1.29 is 9.53 Å². The predicted molar refractivity (Wildman–Crippen MR) is 87.4 cm³/mol. The molecule has 1 aliphatic heterocycles. The largest absolute Gasteiger partial charge is 0.497 e. The van der Waals surface area contributed by atoms with Gasteiger partial charge in [-0.1, -0.05) is 30.3 Å². The molecule has 0 saturated heterocycles. The van der Waals surface area contributed by atoms with Crippen molar-refractivity contribution in [2.45, 2.75) is 0 Å². The van der Waals surface area contributed by atoms with Crippen LogP contribution in [0, 0.1) is 0 Å². The van der Waals surface area contributed by atoms with Gasteiger partial charge in [0.15, 0.2) is 0 Å². The molecule has 4 heteroatoms. The van der Waals surface area contributed by atoms with Gasteiger partial charge in [-0.05, 0) is 29.8 Å². The average Bonchev–Trinajstić information content (AvgIpc) is 2.55. The van der Waals surface area contributed by atoms with E-state index in [0.29, 0.717) is 5.88 Å². The van der Waals surface area contributed by atoms with Gasteiger partial charge in [0.05, 0.1) is 13.0 Å². The van der Waals surface area contributed by atoms with E-state index in [9.17, 15) is 4.79 Å². The van der Waals surface area contributed by atoms with Crippen LogP contribution in [0.15, 0.2) is 60.7 Å². The van der Waals surface area contributed by atoms with Crippen LogP contribution in [-0.2, 0) is 4.79 Å². The van der Waals surface area contributed by atoms with Crippen molar-refractivity contribution in [3.8, 4) is 5.75 Å². The topological polar surface area (TPSA) is 29.5 Å². The van der Waals surface area contributed by atoms with E-state index in [1.54, 1.807) is 29.8 Å². The van der Waals surface area contributed by atoms with E-state index in [-0.39, 0.29) is 5.91 Å². The van der Waals surface area contributed by atoms with E-state index >= 15 is 0 Å². The van der Waals surface area contributed by atoms with Crippen LogP contribution in [0.4, 0.5) is 5.69 Å². The summed E-state index contributed by atoms with van der Waals surface area (Å²) in [4.78, 5) is 15.1. The number of carbonyl (C=O) groups is 1. The van der Waals surface area contributed by atoms with Crippen molar-refractivity contribution in [1.82, 2.24) is 0 Å². The van der Waals surface area contributed by atoms with E-state index in [0.717, 1.165) is 21.9 Å².